The minimum atomic E-state index is -0.915. The number of aromatic nitrogens is 2. The Bertz CT molecular complexity index is 740. The molecule has 0 bridgehead atoms. The molecular weight excluding hydrogens is 314 g/mol. The van der Waals surface area contributed by atoms with Gasteiger partial charge in [0.25, 0.3) is 5.89 Å². The fourth-order valence-electron chi connectivity index (χ4n) is 2.52. The van der Waals surface area contributed by atoms with Crippen molar-refractivity contribution in [2.24, 2.45) is 11.8 Å². The second kappa shape index (κ2) is 6.69. The van der Waals surface area contributed by atoms with Crippen molar-refractivity contribution in [3.05, 3.63) is 36.0 Å². The summed E-state index contributed by atoms with van der Waals surface area (Å²) in [4.78, 5) is 27.1. The number of rotatable bonds is 6. The summed E-state index contributed by atoms with van der Waals surface area (Å²) < 4.78 is 10.5. The maximum absolute atomic E-state index is 12.1. The number of benzene rings is 1. The zero-order valence-corrected chi connectivity index (χ0v) is 13.1. The fourth-order valence-corrected chi connectivity index (χ4v) is 2.52. The Hall–Kier alpha value is -2.90. The lowest BCUT2D eigenvalue weighted by Crippen LogP contribution is -2.41. The minimum Gasteiger partial charge on any atom is -0.484 e. The van der Waals surface area contributed by atoms with Crippen molar-refractivity contribution in [3.63, 3.8) is 0 Å². The van der Waals surface area contributed by atoms with Crippen molar-refractivity contribution >= 4 is 17.6 Å². The summed E-state index contributed by atoms with van der Waals surface area (Å²) in [6, 6.07) is 6.80. The predicted molar refractivity (Wildman–Crippen MR) is 82.3 cm³/mol. The first-order chi connectivity index (χ1) is 11.5. The first-order valence-electron chi connectivity index (χ1n) is 7.58. The average Bonchev–Trinajstić information content (AvgIpc) is 2.90. The van der Waals surface area contributed by atoms with Gasteiger partial charge in [0.2, 0.25) is 5.91 Å². The van der Waals surface area contributed by atoms with E-state index in [0.29, 0.717) is 36.0 Å². The lowest BCUT2D eigenvalue weighted by molar-refractivity contribution is -0.151. The van der Waals surface area contributed by atoms with E-state index in [2.05, 4.69) is 15.5 Å². The van der Waals surface area contributed by atoms with Crippen LogP contribution in [0.4, 0.5) is 5.69 Å². The number of hydrogen-bond acceptors (Lipinski definition) is 6. The number of nitrogens with one attached hydrogen (secondary N) is 1. The first kappa shape index (κ1) is 16.0. The number of aryl methyl sites for hydroxylation is 1. The molecule has 2 N–H and O–H groups in total. The summed E-state index contributed by atoms with van der Waals surface area (Å²) >= 11 is 0. The Balaban J connectivity index is 1.52. The van der Waals surface area contributed by atoms with Gasteiger partial charge in [0.1, 0.15) is 5.75 Å². The lowest BCUT2D eigenvalue weighted by Gasteiger charge is -2.31. The average molecular weight is 331 g/mol. The van der Waals surface area contributed by atoms with Gasteiger partial charge in [-0.3, -0.25) is 9.59 Å². The normalized spacial score (nSPS) is 19.4. The van der Waals surface area contributed by atoms with Crippen molar-refractivity contribution in [1.29, 1.82) is 0 Å². The van der Waals surface area contributed by atoms with Crippen LogP contribution in [-0.2, 0) is 16.2 Å². The molecule has 1 aliphatic rings. The number of aliphatic carboxylic acids is 1. The van der Waals surface area contributed by atoms with E-state index in [1.165, 1.54) is 0 Å². The number of ether oxygens (including phenoxy) is 1. The van der Waals surface area contributed by atoms with Crippen LogP contribution in [0.3, 0.4) is 0 Å². The molecule has 0 aliphatic heterocycles. The standard InChI is InChI=1S/C16H17N3O5/c1-9-17-14(24-19-9)8-23-11-4-2-10(3-5-11)18-15(20)12-6-7-13(12)16(21)22/h2-5,12-13H,6-8H2,1H3,(H,18,20)(H,21,22). The summed E-state index contributed by atoms with van der Waals surface area (Å²) in [7, 11) is 0. The van der Waals surface area contributed by atoms with Crippen LogP contribution >= 0.6 is 0 Å². The highest BCUT2D eigenvalue weighted by Crippen LogP contribution is 2.35. The number of carboxylic acids is 1. The van der Waals surface area contributed by atoms with Crippen molar-refractivity contribution in [3.8, 4) is 5.75 Å². The fraction of sp³-hybridized carbons (Fsp3) is 0.375. The molecule has 1 amide bonds. The number of nitrogens with zero attached hydrogens (tertiary/aromatic N) is 2. The van der Waals surface area contributed by atoms with Gasteiger partial charge in [0.15, 0.2) is 12.4 Å². The molecule has 0 saturated heterocycles. The van der Waals surface area contributed by atoms with Gasteiger partial charge >= 0.3 is 5.97 Å². The molecule has 1 aromatic heterocycles. The summed E-state index contributed by atoms with van der Waals surface area (Å²) in [6.45, 7) is 1.89. The largest absolute Gasteiger partial charge is 0.484 e. The molecule has 2 aromatic rings. The van der Waals surface area contributed by atoms with Gasteiger partial charge in [0, 0.05) is 5.69 Å². The monoisotopic (exact) mass is 331 g/mol. The zero-order valence-electron chi connectivity index (χ0n) is 13.1. The number of amides is 1. The third kappa shape index (κ3) is 3.53. The summed E-state index contributed by atoms with van der Waals surface area (Å²) in [5.74, 6) is -0.692. The smallest absolute Gasteiger partial charge is 0.307 e. The van der Waals surface area contributed by atoms with E-state index in [4.69, 9.17) is 14.4 Å². The molecule has 0 radical (unpaired) electrons. The van der Waals surface area contributed by atoms with Crippen molar-refractivity contribution < 1.29 is 24.0 Å². The van der Waals surface area contributed by atoms with Crippen LogP contribution < -0.4 is 10.1 Å². The Kier molecular flexibility index (Phi) is 4.45. The highest BCUT2D eigenvalue weighted by Gasteiger charge is 2.41. The molecule has 2 unspecified atom stereocenters. The topological polar surface area (TPSA) is 115 Å². The van der Waals surface area contributed by atoms with Crippen LogP contribution in [0, 0.1) is 18.8 Å². The molecule has 1 aliphatic carbocycles. The van der Waals surface area contributed by atoms with Crippen LogP contribution in [0.1, 0.15) is 24.6 Å². The number of carboxylic acid groups (broad SMARTS) is 1. The molecule has 8 nitrogen and oxygen atoms in total. The molecule has 1 fully saturated rings. The molecule has 1 saturated carbocycles. The SMILES string of the molecule is Cc1noc(COc2ccc(NC(=O)C3CCC3C(=O)O)cc2)n1. The van der Waals surface area contributed by atoms with Crippen molar-refractivity contribution in [2.75, 3.05) is 5.32 Å². The van der Waals surface area contributed by atoms with Crippen LogP contribution in [0.15, 0.2) is 28.8 Å². The third-order valence-corrected chi connectivity index (χ3v) is 3.98. The second-order valence-corrected chi connectivity index (χ2v) is 5.67. The third-order valence-electron chi connectivity index (χ3n) is 3.98. The van der Waals surface area contributed by atoms with Crippen molar-refractivity contribution in [2.45, 2.75) is 26.4 Å². The van der Waals surface area contributed by atoms with E-state index < -0.39 is 17.8 Å². The van der Waals surface area contributed by atoms with Crippen LogP contribution in [0.2, 0.25) is 0 Å². The van der Waals surface area contributed by atoms with E-state index in [1.807, 2.05) is 0 Å². The number of hydrogen-bond donors (Lipinski definition) is 2. The number of carbonyl (C=O) groups is 2. The summed E-state index contributed by atoms with van der Waals surface area (Å²) in [5, 5.41) is 15.4. The Labute approximate surface area is 137 Å². The predicted octanol–water partition coefficient (Wildman–Crippen LogP) is 2.01. The maximum Gasteiger partial charge on any atom is 0.307 e. The van der Waals surface area contributed by atoms with E-state index in [-0.39, 0.29) is 12.5 Å². The summed E-state index contributed by atoms with van der Waals surface area (Å²) in [6.07, 6.45) is 1.16. The Morgan fingerprint density at radius 2 is 2.00 bits per heavy atom. The Morgan fingerprint density at radius 1 is 1.29 bits per heavy atom. The van der Waals surface area contributed by atoms with Crippen molar-refractivity contribution in [1.82, 2.24) is 10.1 Å². The Morgan fingerprint density at radius 3 is 2.54 bits per heavy atom. The summed E-state index contributed by atoms with van der Waals surface area (Å²) in [5.41, 5.74) is 0.594. The van der Waals surface area contributed by atoms with E-state index in [9.17, 15) is 9.59 Å². The van der Waals surface area contributed by atoms with Gasteiger partial charge in [-0.25, -0.2) is 0 Å². The quantitative estimate of drug-likeness (QED) is 0.832. The highest BCUT2D eigenvalue weighted by atomic mass is 16.5. The molecule has 2 atom stereocenters. The molecule has 8 heteroatoms. The minimum absolute atomic E-state index is 0.162. The molecule has 126 valence electrons. The molecule has 24 heavy (non-hydrogen) atoms. The molecule has 1 heterocycles. The van der Waals surface area contributed by atoms with Gasteiger partial charge in [-0.15, -0.1) is 0 Å². The van der Waals surface area contributed by atoms with Crippen LogP contribution in [-0.4, -0.2) is 27.1 Å². The molecular formula is C16H17N3O5. The second-order valence-electron chi connectivity index (χ2n) is 5.67. The first-order valence-corrected chi connectivity index (χ1v) is 7.58. The maximum atomic E-state index is 12.1. The van der Waals surface area contributed by atoms with Gasteiger partial charge in [-0.05, 0) is 44.0 Å². The van der Waals surface area contributed by atoms with Gasteiger partial charge in [0.05, 0.1) is 11.8 Å². The zero-order chi connectivity index (χ0) is 17.1. The molecule has 3 rings (SSSR count). The lowest BCUT2D eigenvalue weighted by atomic mass is 9.73. The van der Waals surface area contributed by atoms with E-state index in [1.54, 1.807) is 31.2 Å². The van der Waals surface area contributed by atoms with Gasteiger partial charge in [-0.1, -0.05) is 5.16 Å². The molecule has 1 aromatic carbocycles. The van der Waals surface area contributed by atoms with Crippen LogP contribution in [0.5, 0.6) is 5.75 Å². The van der Waals surface area contributed by atoms with Gasteiger partial charge < -0.3 is 19.7 Å². The van der Waals surface area contributed by atoms with Gasteiger partial charge in [-0.2, -0.15) is 4.98 Å². The van der Waals surface area contributed by atoms with Crippen LogP contribution in [0.25, 0.3) is 0 Å². The highest BCUT2D eigenvalue weighted by molar-refractivity contribution is 5.96. The molecule has 0 spiro atoms. The number of anilines is 1. The van der Waals surface area contributed by atoms with E-state index in [0.717, 1.165) is 0 Å². The number of carbonyl (C=O) groups excluding carboxylic acids is 1. The van der Waals surface area contributed by atoms with E-state index >= 15 is 0 Å².